The van der Waals surface area contributed by atoms with Crippen molar-refractivity contribution in [3.63, 3.8) is 0 Å². The third kappa shape index (κ3) is 5.58. The lowest BCUT2D eigenvalue weighted by atomic mass is 9.82. The molecule has 1 aliphatic carbocycles. The van der Waals surface area contributed by atoms with E-state index in [1.54, 1.807) is 12.1 Å². The van der Waals surface area contributed by atoms with Gasteiger partial charge >= 0.3 is 0 Å². The number of halogens is 1. The highest BCUT2D eigenvalue weighted by Gasteiger charge is 2.37. The van der Waals surface area contributed by atoms with Gasteiger partial charge in [-0.3, -0.25) is 4.79 Å². The van der Waals surface area contributed by atoms with Crippen molar-refractivity contribution < 1.29 is 13.9 Å². The molecule has 3 unspecified atom stereocenters. The zero-order valence-corrected chi connectivity index (χ0v) is 20.5. The first-order chi connectivity index (χ1) is 17.1. The summed E-state index contributed by atoms with van der Waals surface area (Å²) in [7, 11) is 0. The molecule has 1 saturated carbocycles. The van der Waals surface area contributed by atoms with Gasteiger partial charge in [-0.15, -0.1) is 0 Å². The maximum absolute atomic E-state index is 13.8. The Morgan fingerprint density at radius 2 is 1.83 bits per heavy atom. The van der Waals surface area contributed by atoms with Crippen LogP contribution in [-0.4, -0.2) is 18.9 Å². The van der Waals surface area contributed by atoms with Crippen LogP contribution in [0.5, 0.6) is 5.75 Å². The van der Waals surface area contributed by atoms with E-state index in [1.807, 2.05) is 30.3 Å². The lowest BCUT2D eigenvalue weighted by molar-refractivity contribution is -0.123. The van der Waals surface area contributed by atoms with Crippen LogP contribution in [0.1, 0.15) is 54.7 Å². The second-order valence-electron chi connectivity index (χ2n) is 10.2. The summed E-state index contributed by atoms with van der Waals surface area (Å²) in [6.45, 7) is 4.21. The van der Waals surface area contributed by atoms with Crippen molar-refractivity contribution >= 4 is 11.5 Å². The number of carbonyl (C=O) groups excluding carboxylic acids is 1. The summed E-state index contributed by atoms with van der Waals surface area (Å²) in [5.74, 6) is 1.84. The molecule has 3 aromatic rings. The normalized spacial score (nSPS) is 22.1. The summed E-state index contributed by atoms with van der Waals surface area (Å²) < 4.78 is 19.7. The molecule has 5 rings (SSSR count). The number of aryl methyl sites for hydroxylation is 1. The minimum absolute atomic E-state index is 0.0884. The molecule has 0 spiro atoms. The predicted molar refractivity (Wildman–Crippen MR) is 138 cm³/mol. The average Bonchev–Trinajstić information content (AvgIpc) is 3.11. The van der Waals surface area contributed by atoms with E-state index in [2.05, 4.69) is 36.1 Å². The molecule has 3 aromatic carbocycles. The first-order valence-corrected chi connectivity index (χ1v) is 12.9. The Labute approximate surface area is 207 Å². The van der Waals surface area contributed by atoms with Crippen LogP contribution < -0.4 is 9.64 Å². The van der Waals surface area contributed by atoms with Crippen LogP contribution in [0.15, 0.2) is 72.8 Å². The smallest absolute Gasteiger partial charge is 0.136 e. The number of ketones is 1. The summed E-state index contributed by atoms with van der Waals surface area (Å²) in [6, 6.07) is 23.5. The van der Waals surface area contributed by atoms with Gasteiger partial charge in [0.1, 0.15) is 17.3 Å². The number of benzene rings is 3. The molecule has 0 amide bonds. The third-order valence-electron chi connectivity index (χ3n) is 7.73. The van der Waals surface area contributed by atoms with Gasteiger partial charge in [-0.1, -0.05) is 54.4 Å². The lowest BCUT2D eigenvalue weighted by Crippen LogP contribution is -2.25. The van der Waals surface area contributed by atoms with Gasteiger partial charge in [-0.25, -0.2) is 4.39 Å². The van der Waals surface area contributed by atoms with Gasteiger partial charge in [0.2, 0.25) is 0 Å². The quantitative estimate of drug-likeness (QED) is 0.345. The number of para-hydroxylation sites is 1. The van der Waals surface area contributed by atoms with Crippen LogP contribution in [0.3, 0.4) is 0 Å². The lowest BCUT2D eigenvalue weighted by Gasteiger charge is -2.24. The second kappa shape index (κ2) is 10.6. The van der Waals surface area contributed by atoms with Crippen molar-refractivity contribution in [2.24, 2.45) is 11.8 Å². The largest absolute Gasteiger partial charge is 0.494 e. The molecule has 0 saturated heterocycles. The zero-order chi connectivity index (χ0) is 24.2. The molecule has 4 heteroatoms. The number of hydrogen-bond acceptors (Lipinski definition) is 3. The molecule has 1 heterocycles. The number of Topliss-reactive ketones (excluding diaryl/α,β-unsaturated/α-hetero) is 1. The molecule has 182 valence electrons. The fourth-order valence-electron chi connectivity index (χ4n) is 5.85. The first kappa shape index (κ1) is 23.6. The fraction of sp³-hybridized carbons (Fsp3) is 0.387. The van der Waals surface area contributed by atoms with Gasteiger partial charge < -0.3 is 9.64 Å². The number of hydrogen-bond donors (Lipinski definition) is 0. The average molecular weight is 472 g/mol. The molecule has 0 bridgehead atoms. The molecule has 1 aliphatic heterocycles. The molecular formula is C31H34FNO2. The summed E-state index contributed by atoms with van der Waals surface area (Å²) >= 11 is 0. The molecule has 0 radical (unpaired) electrons. The molecule has 0 aromatic heterocycles. The van der Waals surface area contributed by atoms with Gasteiger partial charge in [-0.2, -0.15) is 0 Å². The van der Waals surface area contributed by atoms with E-state index in [9.17, 15) is 9.18 Å². The first-order valence-electron chi connectivity index (χ1n) is 12.9. The van der Waals surface area contributed by atoms with Crippen molar-refractivity contribution in [3.05, 3.63) is 95.3 Å². The highest BCUT2D eigenvalue weighted by Crippen LogP contribution is 2.45. The Kier molecular flexibility index (Phi) is 7.17. The summed E-state index contributed by atoms with van der Waals surface area (Å²) in [5, 5.41) is 0. The van der Waals surface area contributed by atoms with Crippen molar-refractivity contribution in [1.82, 2.24) is 0 Å². The Hall–Kier alpha value is -3.14. The van der Waals surface area contributed by atoms with E-state index in [-0.39, 0.29) is 11.7 Å². The van der Waals surface area contributed by atoms with E-state index in [0.717, 1.165) is 43.5 Å². The van der Waals surface area contributed by atoms with Crippen LogP contribution in [0, 0.1) is 24.6 Å². The monoisotopic (exact) mass is 471 g/mol. The Morgan fingerprint density at radius 1 is 1.00 bits per heavy atom. The highest BCUT2D eigenvalue weighted by molar-refractivity contribution is 5.81. The summed E-state index contributed by atoms with van der Waals surface area (Å²) in [4.78, 5) is 15.6. The van der Waals surface area contributed by atoms with Crippen LogP contribution in [0.25, 0.3) is 0 Å². The van der Waals surface area contributed by atoms with Crippen LogP contribution in [0.4, 0.5) is 10.1 Å². The number of nitrogens with zero attached hydrogens (tertiary/aromatic N) is 1. The zero-order valence-electron chi connectivity index (χ0n) is 20.5. The Balaban J connectivity index is 1.23. The Bertz CT molecular complexity index is 1160. The molecule has 2 aliphatic rings. The van der Waals surface area contributed by atoms with Gasteiger partial charge in [0, 0.05) is 37.0 Å². The molecular weight excluding hydrogens is 437 g/mol. The molecule has 3 nitrogen and oxygen atoms in total. The van der Waals surface area contributed by atoms with Crippen molar-refractivity contribution in [1.29, 1.82) is 0 Å². The van der Waals surface area contributed by atoms with Gasteiger partial charge in [0.25, 0.3) is 0 Å². The standard InChI is InChI=1S/C31H34FNO2/c1-22-12-14-27(15-13-22)35-17-16-24-7-5-8-25(19-31(24)34)29-21-33(30-11-3-2-10-28(29)30)20-23-6-4-9-26(32)18-23/h2-4,6,9-15,18,24-25,29H,5,7-8,16-17,19-21H2,1H3. The molecule has 1 fully saturated rings. The minimum atomic E-state index is -0.196. The number of carbonyl (C=O) groups is 1. The maximum atomic E-state index is 13.8. The highest BCUT2D eigenvalue weighted by atomic mass is 19.1. The van der Waals surface area contributed by atoms with Crippen LogP contribution in [0.2, 0.25) is 0 Å². The summed E-state index contributed by atoms with van der Waals surface area (Å²) in [6.07, 6.45) is 4.53. The van der Waals surface area contributed by atoms with Gasteiger partial charge in [0.15, 0.2) is 0 Å². The predicted octanol–water partition coefficient (Wildman–Crippen LogP) is 7.08. The number of fused-ring (bicyclic) bond motifs is 1. The molecule has 3 atom stereocenters. The van der Waals surface area contributed by atoms with E-state index in [4.69, 9.17) is 4.74 Å². The topological polar surface area (TPSA) is 29.5 Å². The number of anilines is 1. The molecule has 35 heavy (non-hydrogen) atoms. The summed E-state index contributed by atoms with van der Waals surface area (Å²) in [5.41, 5.74) is 4.75. The SMILES string of the molecule is Cc1ccc(OCCC2CCCC(C3CN(Cc4cccc(F)c4)c4ccccc43)CC2=O)cc1. The van der Waals surface area contributed by atoms with E-state index < -0.39 is 0 Å². The Morgan fingerprint density at radius 3 is 2.66 bits per heavy atom. The second-order valence-corrected chi connectivity index (χ2v) is 10.2. The minimum Gasteiger partial charge on any atom is -0.494 e. The van der Waals surface area contributed by atoms with Crippen LogP contribution in [-0.2, 0) is 11.3 Å². The van der Waals surface area contributed by atoms with Gasteiger partial charge in [0.05, 0.1) is 6.61 Å². The van der Waals surface area contributed by atoms with E-state index >= 15 is 0 Å². The third-order valence-corrected chi connectivity index (χ3v) is 7.73. The fourth-order valence-corrected chi connectivity index (χ4v) is 5.85. The van der Waals surface area contributed by atoms with Crippen LogP contribution >= 0.6 is 0 Å². The van der Waals surface area contributed by atoms with E-state index in [0.29, 0.717) is 37.2 Å². The van der Waals surface area contributed by atoms with Crippen molar-refractivity contribution in [2.75, 3.05) is 18.1 Å². The maximum Gasteiger partial charge on any atom is 0.136 e. The molecule has 0 N–H and O–H groups in total. The van der Waals surface area contributed by atoms with E-state index in [1.165, 1.54) is 22.9 Å². The number of ether oxygens (including phenoxy) is 1. The number of rotatable bonds is 7. The van der Waals surface area contributed by atoms with Crippen molar-refractivity contribution in [2.45, 2.75) is 51.5 Å². The van der Waals surface area contributed by atoms with Crippen molar-refractivity contribution in [3.8, 4) is 5.75 Å². The van der Waals surface area contributed by atoms with Gasteiger partial charge in [-0.05, 0) is 73.6 Å².